The first-order chi connectivity index (χ1) is 13.9. The Bertz CT molecular complexity index is 1130. The van der Waals surface area contributed by atoms with Gasteiger partial charge in [-0.3, -0.25) is 0 Å². The minimum absolute atomic E-state index is 1.02. The lowest BCUT2D eigenvalue weighted by Gasteiger charge is -2.10. The van der Waals surface area contributed by atoms with Crippen molar-refractivity contribution in [2.24, 2.45) is 0 Å². The summed E-state index contributed by atoms with van der Waals surface area (Å²) in [5.41, 5.74) is 6.74. The Balaban J connectivity index is 1.81. The molecule has 28 heavy (non-hydrogen) atoms. The summed E-state index contributed by atoms with van der Waals surface area (Å²) in [7, 11) is 0. The van der Waals surface area contributed by atoms with Crippen LogP contribution in [0.1, 0.15) is 22.3 Å². The molecule has 0 radical (unpaired) electrons. The third-order valence-electron chi connectivity index (χ3n) is 4.53. The average molecular weight is 356 g/mol. The van der Waals surface area contributed by atoms with Gasteiger partial charge in [-0.05, 0) is 34.9 Å². The van der Waals surface area contributed by atoms with Gasteiger partial charge in [-0.15, -0.1) is 0 Å². The quantitative estimate of drug-likeness (QED) is 0.276. The first kappa shape index (κ1) is 17.6. The molecule has 0 heteroatoms. The van der Waals surface area contributed by atoms with Gasteiger partial charge in [0.2, 0.25) is 0 Å². The summed E-state index contributed by atoms with van der Waals surface area (Å²) in [5, 5.41) is 0. The van der Waals surface area contributed by atoms with Crippen LogP contribution in [0.5, 0.6) is 0 Å². The van der Waals surface area contributed by atoms with Crippen LogP contribution in [0.25, 0.3) is 23.3 Å². The first-order valence-electron chi connectivity index (χ1n) is 9.39. The number of benzene rings is 4. The fraction of sp³-hybridized carbons (Fsp3) is 0. The molecule has 0 amide bonds. The lowest BCUT2D eigenvalue weighted by atomic mass is 9.93. The summed E-state index contributed by atoms with van der Waals surface area (Å²) in [6.07, 6.45) is 4.32. The maximum absolute atomic E-state index is 3.38. The number of hydrogen-bond acceptors (Lipinski definition) is 0. The summed E-state index contributed by atoms with van der Waals surface area (Å²) in [6.45, 7) is 0. The SMILES string of the molecule is C(#Cc1cccc(C=Cc2ccccc2)c1-c1ccccc1)c1ccccc1. The van der Waals surface area contributed by atoms with E-state index in [4.69, 9.17) is 0 Å². The molecule has 0 aliphatic rings. The van der Waals surface area contributed by atoms with Crippen LogP contribution in [0.2, 0.25) is 0 Å². The monoisotopic (exact) mass is 356 g/mol. The van der Waals surface area contributed by atoms with E-state index in [1.54, 1.807) is 0 Å². The van der Waals surface area contributed by atoms with Gasteiger partial charge in [-0.25, -0.2) is 0 Å². The van der Waals surface area contributed by atoms with Crippen molar-refractivity contribution in [3.63, 3.8) is 0 Å². The van der Waals surface area contributed by atoms with Crippen molar-refractivity contribution in [3.05, 3.63) is 131 Å². The van der Waals surface area contributed by atoms with Crippen molar-refractivity contribution < 1.29 is 0 Å². The highest BCUT2D eigenvalue weighted by atomic mass is 14.1. The third kappa shape index (κ3) is 4.29. The second-order valence-corrected chi connectivity index (χ2v) is 6.50. The molecule has 0 spiro atoms. The molecule has 0 unspecified atom stereocenters. The molecule has 4 rings (SSSR count). The predicted octanol–water partition coefficient (Wildman–Crippen LogP) is 6.92. The van der Waals surface area contributed by atoms with E-state index >= 15 is 0 Å². The smallest absolute Gasteiger partial charge is 0.0333 e. The van der Waals surface area contributed by atoms with Crippen molar-refractivity contribution in [2.45, 2.75) is 0 Å². The molecule has 0 aromatic heterocycles. The maximum atomic E-state index is 3.38. The standard InChI is InChI=1S/C28H20/c1-4-11-23(12-5-1)19-21-26-17-10-18-27(22-20-24-13-6-2-7-14-24)28(26)25-15-8-3-9-16-25/h1-19,21H. The first-order valence-corrected chi connectivity index (χ1v) is 9.39. The lowest BCUT2D eigenvalue weighted by molar-refractivity contribution is 1.55. The largest absolute Gasteiger partial charge is 0.0622 e. The molecule has 0 bridgehead atoms. The van der Waals surface area contributed by atoms with Crippen LogP contribution in [0, 0.1) is 11.8 Å². The van der Waals surface area contributed by atoms with Crippen LogP contribution in [0.3, 0.4) is 0 Å². The van der Waals surface area contributed by atoms with E-state index < -0.39 is 0 Å². The van der Waals surface area contributed by atoms with E-state index in [0.717, 1.165) is 16.7 Å². The highest BCUT2D eigenvalue weighted by Gasteiger charge is 2.07. The summed E-state index contributed by atoms with van der Waals surface area (Å²) in [4.78, 5) is 0. The molecule has 0 aliphatic heterocycles. The highest BCUT2D eigenvalue weighted by molar-refractivity contribution is 5.84. The topological polar surface area (TPSA) is 0 Å². The molecule has 4 aromatic carbocycles. The third-order valence-corrected chi connectivity index (χ3v) is 4.53. The molecule has 0 aliphatic carbocycles. The molecule has 0 saturated heterocycles. The second-order valence-electron chi connectivity index (χ2n) is 6.50. The second kappa shape index (κ2) is 8.71. The van der Waals surface area contributed by atoms with E-state index in [-0.39, 0.29) is 0 Å². The van der Waals surface area contributed by atoms with Crippen LogP contribution >= 0.6 is 0 Å². The van der Waals surface area contributed by atoms with E-state index in [2.05, 4.69) is 90.7 Å². The van der Waals surface area contributed by atoms with Crippen LogP contribution in [-0.2, 0) is 0 Å². The Morgan fingerprint density at radius 3 is 1.86 bits per heavy atom. The van der Waals surface area contributed by atoms with Gasteiger partial charge in [0.05, 0.1) is 0 Å². The number of rotatable bonds is 3. The van der Waals surface area contributed by atoms with Crippen LogP contribution in [0.4, 0.5) is 0 Å². The van der Waals surface area contributed by atoms with Crippen molar-refractivity contribution >= 4 is 12.2 Å². The van der Waals surface area contributed by atoms with Crippen molar-refractivity contribution in [2.75, 3.05) is 0 Å². The molecule has 0 fully saturated rings. The van der Waals surface area contributed by atoms with E-state index in [0.29, 0.717) is 0 Å². The molecule has 0 heterocycles. The summed E-state index contributed by atoms with van der Waals surface area (Å²) < 4.78 is 0. The minimum Gasteiger partial charge on any atom is -0.0622 e. The Morgan fingerprint density at radius 1 is 0.500 bits per heavy atom. The summed E-state index contributed by atoms with van der Waals surface area (Å²) >= 11 is 0. The lowest BCUT2D eigenvalue weighted by Crippen LogP contribution is -1.89. The zero-order valence-corrected chi connectivity index (χ0v) is 15.5. The van der Waals surface area contributed by atoms with Gasteiger partial charge in [-0.1, -0.05) is 115 Å². The molecule has 0 saturated carbocycles. The Morgan fingerprint density at radius 2 is 1.14 bits per heavy atom. The van der Waals surface area contributed by atoms with Gasteiger partial charge in [0.15, 0.2) is 0 Å². The normalized spacial score (nSPS) is 10.4. The van der Waals surface area contributed by atoms with Gasteiger partial charge >= 0.3 is 0 Å². The van der Waals surface area contributed by atoms with E-state index in [1.165, 1.54) is 16.7 Å². The van der Waals surface area contributed by atoms with Crippen molar-refractivity contribution in [3.8, 4) is 23.0 Å². The molecule has 0 nitrogen and oxygen atoms in total. The van der Waals surface area contributed by atoms with Crippen molar-refractivity contribution in [1.82, 2.24) is 0 Å². The van der Waals surface area contributed by atoms with Gasteiger partial charge in [-0.2, -0.15) is 0 Å². The van der Waals surface area contributed by atoms with Crippen molar-refractivity contribution in [1.29, 1.82) is 0 Å². The van der Waals surface area contributed by atoms with Gasteiger partial charge < -0.3 is 0 Å². The van der Waals surface area contributed by atoms with Gasteiger partial charge in [0, 0.05) is 16.7 Å². The molecule has 0 N–H and O–H groups in total. The molecule has 132 valence electrons. The Labute approximate surface area is 166 Å². The predicted molar refractivity (Wildman–Crippen MR) is 120 cm³/mol. The fourth-order valence-corrected chi connectivity index (χ4v) is 3.15. The highest BCUT2D eigenvalue weighted by Crippen LogP contribution is 2.29. The minimum atomic E-state index is 1.02. The van der Waals surface area contributed by atoms with Crippen LogP contribution < -0.4 is 0 Å². The molecule has 0 atom stereocenters. The Hall–Kier alpha value is -3.82. The van der Waals surface area contributed by atoms with E-state index in [1.807, 2.05) is 42.5 Å². The average Bonchev–Trinajstić information content (AvgIpc) is 2.78. The molecular formula is C28H20. The van der Waals surface area contributed by atoms with Crippen LogP contribution in [-0.4, -0.2) is 0 Å². The summed E-state index contributed by atoms with van der Waals surface area (Å²) in [5.74, 6) is 6.68. The van der Waals surface area contributed by atoms with Crippen LogP contribution in [0.15, 0.2) is 109 Å². The number of hydrogen-bond donors (Lipinski definition) is 0. The zero-order valence-electron chi connectivity index (χ0n) is 15.5. The maximum Gasteiger partial charge on any atom is 0.0333 e. The van der Waals surface area contributed by atoms with Gasteiger partial charge in [0.1, 0.15) is 0 Å². The summed E-state index contributed by atoms with van der Waals surface area (Å²) in [6, 6.07) is 37.3. The Kier molecular flexibility index (Phi) is 5.47. The zero-order chi connectivity index (χ0) is 19.0. The fourth-order valence-electron chi connectivity index (χ4n) is 3.15. The molecular weight excluding hydrogens is 336 g/mol. The molecule has 4 aromatic rings. The van der Waals surface area contributed by atoms with E-state index in [9.17, 15) is 0 Å². The van der Waals surface area contributed by atoms with Gasteiger partial charge in [0.25, 0.3) is 0 Å².